The third kappa shape index (κ3) is 3.25. The molecule has 0 unspecified atom stereocenters. The highest BCUT2D eigenvalue weighted by Gasteiger charge is 2.05. The molecule has 80 valence electrons. The number of hydrogen-bond acceptors (Lipinski definition) is 3. The van der Waals surface area contributed by atoms with Crippen molar-refractivity contribution in [2.24, 2.45) is 5.73 Å². The van der Waals surface area contributed by atoms with E-state index in [9.17, 15) is 4.79 Å². The number of halogens is 2. The van der Waals surface area contributed by atoms with Gasteiger partial charge in [-0.25, -0.2) is 4.79 Å². The number of nitrogens with two attached hydrogens (primary N) is 1. The Morgan fingerprint density at radius 3 is 2.80 bits per heavy atom. The van der Waals surface area contributed by atoms with Gasteiger partial charge in [0.15, 0.2) is 0 Å². The first-order valence-corrected chi connectivity index (χ1v) is 5.22. The van der Waals surface area contributed by atoms with Crippen molar-refractivity contribution in [3.05, 3.63) is 39.0 Å². The van der Waals surface area contributed by atoms with Gasteiger partial charge in [0.2, 0.25) is 0 Å². The highest BCUT2D eigenvalue weighted by atomic mass is 79.9. The predicted octanol–water partition coefficient (Wildman–Crippen LogP) is 2.58. The maximum atomic E-state index is 11.0. The smallest absolute Gasteiger partial charge is 0.353 e. The Labute approximate surface area is 101 Å². The van der Waals surface area contributed by atoms with Gasteiger partial charge in [-0.05, 0) is 23.8 Å². The normalized spacial score (nSPS) is 11.3. The Morgan fingerprint density at radius 2 is 2.27 bits per heavy atom. The molecule has 0 bridgehead atoms. The molecule has 0 saturated carbocycles. The van der Waals surface area contributed by atoms with Gasteiger partial charge in [-0.1, -0.05) is 33.6 Å². The zero-order valence-electron chi connectivity index (χ0n) is 7.96. The minimum Gasteiger partial charge on any atom is -0.464 e. The topological polar surface area (TPSA) is 52.3 Å². The molecule has 3 nitrogen and oxygen atoms in total. The van der Waals surface area contributed by atoms with Crippen LogP contribution in [0.1, 0.15) is 5.56 Å². The van der Waals surface area contributed by atoms with E-state index >= 15 is 0 Å². The lowest BCUT2D eigenvalue weighted by Gasteiger charge is -2.01. The average Bonchev–Trinajstić information content (AvgIpc) is 2.20. The summed E-state index contributed by atoms with van der Waals surface area (Å²) in [5, 5.41) is 0.607. The standard InChI is InChI=1S/C10H9BrClNO2/c1-15-10(14)9(13)4-6-2-3-7(12)5-8(6)11/h2-5H,13H2,1H3/b9-4-. The summed E-state index contributed by atoms with van der Waals surface area (Å²) in [6.07, 6.45) is 1.52. The van der Waals surface area contributed by atoms with Crippen molar-refractivity contribution in [1.82, 2.24) is 0 Å². The first-order valence-electron chi connectivity index (χ1n) is 4.05. The number of benzene rings is 1. The summed E-state index contributed by atoms with van der Waals surface area (Å²) in [6, 6.07) is 5.18. The van der Waals surface area contributed by atoms with Crippen LogP contribution in [0.4, 0.5) is 0 Å². The van der Waals surface area contributed by atoms with Crippen LogP contribution in [0.5, 0.6) is 0 Å². The molecule has 15 heavy (non-hydrogen) atoms. The Kier molecular flexibility index (Phi) is 4.17. The largest absolute Gasteiger partial charge is 0.464 e. The number of hydrogen-bond donors (Lipinski definition) is 1. The monoisotopic (exact) mass is 289 g/mol. The first kappa shape index (κ1) is 12.1. The van der Waals surface area contributed by atoms with E-state index in [2.05, 4.69) is 20.7 Å². The van der Waals surface area contributed by atoms with E-state index in [1.807, 2.05) is 0 Å². The van der Waals surface area contributed by atoms with E-state index in [1.165, 1.54) is 13.2 Å². The molecule has 0 aliphatic carbocycles. The van der Waals surface area contributed by atoms with Gasteiger partial charge in [-0.15, -0.1) is 0 Å². The Hall–Kier alpha value is -1.000. The van der Waals surface area contributed by atoms with Crippen molar-refractivity contribution in [2.75, 3.05) is 7.11 Å². The molecule has 2 N–H and O–H groups in total. The SMILES string of the molecule is COC(=O)/C(N)=C/c1ccc(Cl)cc1Br. The number of carbonyl (C=O) groups is 1. The van der Waals surface area contributed by atoms with Crippen LogP contribution in [-0.2, 0) is 9.53 Å². The van der Waals surface area contributed by atoms with Crippen LogP contribution in [0.3, 0.4) is 0 Å². The van der Waals surface area contributed by atoms with E-state index in [0.29, 0.717) is 5.02 Å². The molecule has 1 rings (SSSR count). The maximum Gasteiger partial charge on any atom is 0.353 e. The molecular formula is C10H9BrClNO2. The third-order valence-corrected chi connectivity index (χ3v) is 2.62. The van der Waals surface area contributed by atoms with Crippen molar-refractivity contribution in [1.29, 1.82) is 0 Å². The van der Waals surface area contributed by atoms with Crippen LogP contribution in [0.2, 0.25) is 5.02 Å². The van der Waals surface area contributed by atoms with E-state index in [-0.39, 0.29) is 5.70 Å². The lowest BCUT2D eigenvalue weighted by molar-refractivity contribution is -0.136. The van der Waals surface area contributed by atoms with Crippen molar-refractivity contribution in [2.45, 2.75) is 0 Å². The van der Waals surface area contributed by atoms with Crippen LogP contribution < -0.4 is 5.73 Å². The fourth-order valence-corrected chi connectivity index (χ4v) is 1.76. The second kappa shape index (κ2) is 5.19. The van der Waals surface area contributed by atoms with Crippen LogP contribution in [0.15, 0.2) is 28.4 Å². The van der Waals surface area contributed by atoms with Gasteiger partial charge >= 0.3 is 5.97 Å². The molecule has 5 heteroatoms. The summed E-state index contributed by atoms with van der Waals surface area (Å²) < 4.78 is 5.24. The zero-order valence-corrected chi connectivity index (χ0v) is 10.3. The van der Waals surface area contributed by atoms with E-state index in [4.69, 9.17) is 17.3 Å². The number of carbonyl (C=O) groups excluding carboxylic acids is 1. The van der Waals surface area contributed by atoms with Gasteiger partial charge in [-0.2, -0.15) is 0 Å². The summed E-state index contributed by atoms with van der Waals surface area (Å²) in [4.78, 5) is 11.0. The predicted molar refractivity (Wildman–Crippen MR) is 63.3 cm³/mol. The molecule has 1 aromatic rings. The second-order valence-corrected chi connectivity index (χ2v) is 4.05. The molecule has 0 amide bonds. The fraction of sp³-hybridized carbons (Fsp3) is 0.100. The van der Waals surface area contributed by atoms with Gasteiger partial charge < -0.3 is 10.5 Å². The number of ether oxygens (including phenoxy) is 1. The van der Waals surface area contributed by atoms with Gasteiger partial charge in [0.25, 0.3) is 0 Å². The van der Waals surface area contributed by atoms with Gasteiger partial charge in [0.1, 0.15) is 5.70 Å². The van der Waals surface area contributed by atoms with Crippen LogP contribution in [-0.4, -0.2) is 13.1 Å². The minimum atomic E-state index is -0.558. The molecule has 0 fully saturated rings. The zero-order chi connectivity index (χ0) is 11.4. The Morgan fingerprint density at radius 1 is 1.60 bits per heavy atom. The van der Waals surface area contributed by atoms with Crippen molar-refractivity contribution >= 4 is 39.6 Å². The van der Waals surface area contributed by atoms with Gasteiger partial charge in [0, 0.05) is 9.50 Å². The average molecular weight is 291 g/mol. The Bertz CT molecular complexity index is 418. The molecular weight excluding hydrogens is 281 g/mol. The van der Waals surface area contributed by atoms with Gasteiger partial charge in [-0.3, -0.25) is 0 Å². The van der Waals surface area contributed by atoms with Crippen molar-refractivity contribution in [3.63, 3.8) is 0 Å². The number of esters is 1. The number of methoxy groups -OCH3 is 1. The molecule has 0 saturated heterocycles. The van der Waals surface area contributed by atoms with E-state index in [0.717, 1.165) is 10.0 Å². The fourth-order valence-electron chi connectivity index (χ4n) is 0.963. The molecule has 0 aliphatic heterocycles. The molecule has 0 aromatic heterocycles. The summed E-state index contributed by atoms with van der Waals surface area (Å²) in [7, 11) is 1.28. The summed E-state index contributed by atoms with van der Waals surface area (Å²) in [6.45, 7) is 0. The number of rotatable bonds is 2. The summed E-state index contributed by atoms with van der Waals surface area (Å²) in [5.74, 6) is -0.558. The van der Waals surface area contributed by atoms with Crippen molar-refractivity contribution < 1.29 is 9.53 Å². The van der Waals surface area contributed by atoms with Crippen LogP contribution in [0.25, 0.3) is 6.08 Å². The third-order valence-electron chi connectivity index (χ3n) is 1.69. The van der Waals surface area contributed by atoms with Crippen molar-refractivity contribution in [3.8, 4) is 0 Å². The molecule has 0 heterocycles. The lowest BCUT2D eigenvalue weighted by atomic mass is 10.2. The lowest BCUT2D eigenvalue weighted by Crippen LogP contribution is -2.12. The molecule has 1 aromatic carbocycles. The minimum absolute atomic E-state index is 0.0422. The summed E-state index contributed by atoms with van der Waals surface area (Å²) >= 11 is 9.08. The Balaban J connectivity index is 3.03. The quantitative estimate of drug-likeness (QED) is 0.673. The first-order chi connectivity index (χ1) is 7.04. The second-order valence-electron chi connectivity index (χ2n) is 2.76. The molecule has 0 radical (unpaired) electrons. The van der Waals surface area contributed by atoms with Crippen LogP contribution in [0, 0.1) is 0 Å². The highest BCUT2D eigenvalue weighted by Crippen LogP contribution is 2.23. The van der Waals surface area contributed by atoms with Crippen LogP contribution >= 0.6 is 27.5 Å². The molecule has 0 atom stereocenters. The van der Waals surface area contributed by atoms with Gasteiger partial charge in [0.05, 0.1) is 7.11 Å². The highest BCUT2D eigenvalue weighted by molar-refractivity contribution is 9.10. The maximum absolute atomic E-state index is 11.0. The van der Waals surface area contributed by atoms with E-state index < -0.39 is 5.97 Å². The van der Waals surface area contributed by atoms with E-state index in [1.54, 1.807) is 18.2 Å². The molecule has 0 aliphatic rings. The summed E-state index contributed by atoms with van der Waals surface area (Å²) in [5.41, 5.74) is 6.31. The molecule has 0 spiro atoms.